The normalized spacial score (nSPS) is 15.0. The number of aryl methyl sites for hydroxylation is 1. The number of aromatic nitrogens is 2. The number of nitrogens with one attached hydrogen (secondary N) is 1. The predicted molar refractivity (Wildman–Crippen MR) is 78.8 cm³/mol. The van der Waals surface area contributed by atoms with Crippen LogP contribution in [0.3, 0.4) is 0 Å². The monoisotopic (exact) mass is 250 g/mol. The van der Waals surface area contributed by atoms with E-state index in [9.17, 15) is 0 Å². The maximum atomic E-state index is 4.40. The number of benzene rings is 1. The van der Waals surface area contributed by atoms with E-state index in [1.54, 1.807) is 0 Å². The molecule has 96 valence electrons. The molecule has 0 fully saturated rings. The first-order chi connectivity index (χ1) is 9.33. The summed E-state index contributed by atoms with van der Waals surface area (Å²) in [6, 6.07) is 12.7. The van der Waals surface area contributed by atoms with Gasteiger partial charge in [-0.25, -0.2) is 0 Å². The lowest BCUT2D eigenvalue weighted by atomic mass is 9.90. The topological polar surface area (TPSA) is 28.7 Å². The van der Waals surface area contributed by atoms with Crippen molar-refractivity contribution in [3.63, 3.8) is 0 Å². The highest BCUT2D eigenvalue weighted by atomic mass is 15.1. The van der Waals surface area contributed by atoms with E-state index >= 15 is 0 Å². The highest BCUT2D eigenvalue weighted by molar-refractivity contribution is 5.78. The van der Waals surface area contributed by atoms with Crippen LogP contribution in [-0.4, -0.2) is 10.2 Å². The molecular weight excluding hydrogens is 232 g/mol. The number of hydrogen-bond donors (Lipinski definition) is 1. The van der Waals surface area contributed by atoms with Gasteiger partial charge in [0.2, 0.25) is 0 Å². The van der Waals surface area contributed by atoms with Crippen LogP contribution in [-0.2, 0) is 6.42 Å². The zero-order valence-electron chi connectivity index (χ0n) is 11.2. The van der Waals surface area contributed by atoms with Gasteiger partial charge in [0, 0.05) is 11.3 Å². The van der Waals surface area contributed by atoms with E-state index in [0.29, 0.717) is 0 Å². The van der Waals surface area contributed by atoms with Crippen molar-refractivity contribution in [2.75, 3.05) is 0 Å². The number of hydrogen-bond acceptors (Lipinski definition) is 1. The van der Waals surface area contributed by atoms with Gasteiger partial charge in [0.05, 0.1) is 5.69 Å². The summed E-state index contributed by atoms with van der Waals surface area (Å²) in [5, 5.41) is 7.43. The summed E-state index contributed by atoms with van der Waals surface area (Å²) >= 11 is 0. The molecule has 3 rings (SSSR count). The molecule has 19 heavy (non-hydrogen) atoms. The predicted octanol–water partition coefficient (Wildman–Crippen LogP) is 4.06. The second-order valence-electron chi connectivity index (χ2n) is 5.02. The Labute approximate surface area is 113 Å². The molecule has 0 atom stereocenters. The fourth-order valence-corrected chi connectivity index (χ4v) is 2.53. The van der Waals surface area contributed by atoms with Crippen molar-refractivity contribution in [1.82, 2.24) is 10.2 Å². The molecule has 0 spiro atoms. The van der Waals surface area contributed by atoms with E-state index < -0.39 is 0 Å². The summed E-state index contributed by atoms with van der Waals surface area (Å²) in [5.74, 6) is 0. The first-order valence-corrected chi connectivity index (χ1v) is 6.79. The number of aromatic amines is 1. The second kappa shape index (κ2) is 5.27. The number of allylic oxidation sites excluding steroid dienone is 4. The van der Waals surface area contributed by atoms with E-state index in [1.807, 2.05) is 6.92 Å². The van der Waals surface area contributed by atoms with Crippen molar-refractivity contribution in [2.24, 2.45) is 0 Å². The highest BCUT2D eigenvalue weighted by Gasteiger charge is 2.13. The van der Waals surface area contributed by atoms with Gasteiger partial charge in [0.25, 0.3) is 0 Å². The Balaban J connectivity index is 1.87. The third-order valence-electron chi connectivity index (χ3n) is 3.47. The standard InChI is InChI=1S/C17H18N2/c1-13-11-17(19-18-13)16-10-6-5-9-15(16)12-14-7-3-2-4-8-14/h2-4,7-11H,5-6,12H2,1H3,(H,18,19). The highest BCUT2D eigenvalue weighted by Crippen LogP contribution is 2.29. The molecule has 2 nitrogen and oxygen atoms in total. The van der Waals surface area contributed by atoms with Crippen LogP contribution in [0.5, 0.6) is 0 Å². The molecule has 1 N–H and O–H groups in total. The molecule has 0 amide bonds. The fraction of sp³-hybridized carbons (Fsp3) is 0.235. The maximum absolute atomic E-state index is 4.40. The average Bonchev–Trinajstić information content (AvgIpc) is 2.87. The first kappa shape index (κ1) is 12.0. The van der Waals surface area contributed by atoms with Gasteiger partial charge in [0.1, 0.15) is 0 Å². The van der Waals surface area contributed by atoms with Crippen LogP contribution in [0.15, 0.2) is 54.1 Å². The third kappa shape index (κ3) is 2.68. The van der Waals surface area contributed by atoms with Gasteiger partial charge in [-0.1, -0.05) is 42.5 Å². The lowest BCUT2D eigenvalue weighted by Crippen LogP contribution is -1.99. The van der Waals surface area contributed by atoms with Gasteiger partial charge in [-0.05, 0) is 43.4 Å². The van der Waals surface area contributed by atoms with Crippen molar-refractivity contribution >= 4 is 5.57 Å². The molecule has 0 saturated carbocycles. The molecule has 1 heterocycles. The molecule has 1 aromatic carbocycles. The minimum absolute atomic E-state index is 0.985. The van der Waals surface area contributed by atoms with Gasteiger partial charge in [-0.15, -0.1) is 0 Å². The van der Waals surface area contributed by atoms with Crippen LogP contribution in [0, 0.1) is 6.92 Å². The van der Waals surface area contributed by atoms with E-state index in [4.69, 9.17) is 0 Å². The molecule has 1 aromatic heterocycles. The van der Waals surface area contributed by atoms with E-state index in [1.165, 1.54) is 16.7 Å². The minimum atomic E-state index is 0.985. The molecule has 2 aromatic rings. The lowest BCUT2D eigenvalue weighted by molar-refractivity contribution is 0.986. The Hall–Kier alpha value is -2.09. The molecular formula is C17H18N2. The Morgan fingerprint density at radius 1 is 1.11 bits per heavy atom. The Kier molecular flexibility index (Phi) is 3.32. The van der Waals surface area contributed by atoms with E-state index in [-0.39, 0.29) is 0 Å². The Morgan fingerprint density at radius 2 is 1.89 bits per heavy atom. The van der Waals surface area contributed by atoms with Gasteiger partial charge < -0.3 is 0 Å². The second-order valence-corrected chi connectivity index (χ2v) is 5.02. The van der Waals surface area contributed by atoms with Crippen LogP contribution in [0.4, 0.5) is 0 Å². The van der Waals surface area contributed by atoms with Crippen molar-refractivity contribution in [3.05, 3.63) is 71.1 Å². The molecule has 2 heteroatoms. The lowest BCUT2D eigenvalue weighted by Gasteiger charge is -2.15. The van der Waals surface area contributed by atoms with Crippen LogP contribution in [0.1, 0.15) is 29.8 Å². The van der Waals surface area contributed by atoms with Crippen LogP contribution in [0.25, 0.3) is 5.57 Å². The SMILES string of the molecule is Cc1cc(C2=CCCC=C2Cc2ccccc2)n[nH]1. The van der Waals surface area contributed by atoms with Crippen LogP contribution < -0.4 is 0 Å². The summed E-state index contributed by atoms with van der Waals surface area (Å²) < 4.78 is 0. The van der Waals surface area contributed by atoms with Crippen molar-refractivity contribution in [3.8, 4) is 0 Å². The summed E-state index contributed by atoms with van der Waals surface area (Å²) in [7, 11) is 0. The molecule has 1 aliphatic rings. The van der Waals surface area contributed by atoms with E-state index in [2.05, 4.69) is 58.7 Å². The Morgan fingerprint density at radius 3 is 2.63 bits per heavy atom. The van der Waals surface area contributed by atoms with Gasteiger partial charge >= 0.3 is 0 Å². The molecule has 0 bridgehead atoms. The summed E-state index contributed by atoms with van der Waals surface area (Å²) in [6.07, 6.45) is 7.90. The summed E-state index contributed by atoms with van der Waals surface area (Å²) in [5.41, 5.74) is 6.22. The largest absolute Gasteiger partial charge is 0.282 e. The summed E-state index contributed by atoms with van der Waals surface area (Å²) in [6.45, 7) is 2.04. The van der Waals surface area contributed by atoms with E-state index in [0.717, 1.165) is 30.7 Å². The molecule has 0 aliphatic heterocycles. The minimum Gasteiger partial charge on any atom is -0.282 e. The van der Waals surface area contributed by atoms with Gasteiger partial charge in [-0.3, -0.25) is 5.10 Å². The number of nitrogens with zero attached hydrogens (tertiary/aromatic N) is 1. The zero-order chi connectivity index (χ0) is 13.1. The Bertz CT molecular complexity index is 618. The molecule has 0 radical (unpaired) electrons. The summed E-state index contributed by atoms with van der Waals surface area (Å²) in [4.78, 5) is 0. The molecule has 0 saturated heterocycles. The number of H-pyrrole nitrogens is 1. The quantitative estimate of drug-likeness (QED) is 0.874. The first-order valence-electron chi connectivity index (χ1n) is 6.79. The molecule has 0 unspecified atom stereocenters. The van der Waals surface area contributed by atoms with Crippen molar-refractivity contribution in [2.45, 2.75) is 26.2 Å². The average molecular weight is 250 g/mol. The van der Waals surface area contributed by atoms with Crippen molar-refractivity contribution in [1.29, 1.82) is 0 Å². The number of rotatable bonds is 3. The maximum Gasteiger partial charge on any atom is 0.0922 e. The van der Waals surface area contributed by atoms with Crippen molar-refractivity contribution < 1.29 is 0 Å². The fourth-order valence-electron chi connectivity index (χ4n) is 2.53. The van der Waals surface area contributed by atoms with Crippen LogP contribution >= 0.6 is 0 Å². The van der Waals surface area contributed by atoms with Gasteiger partial charge in [-0.2, -0.15) is 5.10 Å². The molecule has 1 aliphatic carbocycles. The zero-order valence-corrected chi connectivity index (χ0v) is 11.2. The van der Waals surface area contributed by atoms with Gasteiger partial charge in [0.15, 0.2) is 0 Å². The van der Waals surface area contributed by atoms with Crippen LogP contribution in [0.2, 0.25) is 0 Å². The smallest absolute Gasteiger partial charge is 0.0922 e. The third-order valence-corrected chi connectivity index (χ3v) is 3.47.